The van der Waals surface area contributed by atoms with Crippen molar-refractivity contribution in [1.82, 2.24) is 0 Å². The van der Waals surface area contributed by atoms with Crippen LogP contribution in [0, 0.1) is 0 Å². The summed E-state index contributed by atoms with van der Waals surface area (Å²) in [7, 11) is 0. The normalized spacial score (nSPS) is 7.67. The van der Waals surface area contributed by atoms with Crippen molar-refractivity contribution < 1.29 is 15.3 Å². The van der Waals surface area contributed by atoms with E-state index in [1.807, 2.05) is 20.8 Å². The Morgan fingerprint density at radius 2 is 1.06 bits per heavy atom. The van der Waals surface area contributed by atoms with Gasteiger partial charge in [0.15, 0.2) is 0 Å². The maximum atomic E-state index is 9.30. The van der Waals surface area contributed by atoms with E-state index in [9.17, 15) is 15.3 Å². The summed E-state index contributed by atoms with van der Waals surface area (Å²) in [4.78, 5) is 0. The van der Waals surface area contributed by atoms with Crippen LogP contribution in [-0.4, -0.2) is 42.3 Å². The minimum absolute atomic E-state index is 0.0694. The van der Waals surface area contributed by atoms with Gasteiger partial charge in [0.2, 0.25) is 0 Å². The second kappa shape index (κ2) is 36.0. The van der Waals surface area contributed by atoms with E-state index >= 15 is 0 Å². The summed E-state index contributed by atoms with van der Waals surface area (Å²) in [5, 5.41) is 27.9. The van der Waals surface area contributed by atoms with Crippen molar-refractivity contribution in [2.75, 3.05) is 19.8 Å². The summed E-state index contributed by atoms with van der Waals surface area (Å²) in [5.41, 5.74) is 1.44. The van der Waals surface area contributed by atoms with E-state index in [1.54, 1.807) is 22.5 Å². The molecule has 18 heavy (non-hydrogen) atoms. The molecule has 0 spiro atoms. The zero-order chi connectivity index (χ0) is 15.2. The van der Waals surface area contributed by atoms with Gasteiger partial charge >= 0.3 is 52.5 Å². The van der Waals surface area contributed by atoms with Crippen LogP contribution >= 0.6 is 0 Å². The fourth-order valence-electron chi connectivity index (χ4n) is 0.204. The van der Waals surface area contributed by atoms with Gasteiger partial charge in [0.25, 0.3) is 0 Å². The van der Waals surface area contributed by atoms with Crippen molar-refractivity contribution in [1.29, 1.82) is 0 Å². The van der Waals surface area contributed by atoms with Crippen LogP contribution in [0.4, 0.5) is 0 Å². The molecule has 0 atom stereocenters. The number of allylic oxidation sites excluding steroid dienone is 2. The molecule has 0 radical (unpaired) electrons. The Labute approximate surface area is 127 Å². The summed E-state index contributed by atoms with van der Waals surface area (Å²) in [6.45, 7) is 10.1. The first-order chi connectivity index (χ1) is 8.51. The van der Waals surface area contributed by atoms with Gasteiger partial charge in [0, 0.05) is 0 Å². The third-order valence-corrected chi connectivity index (χ3v) is 1.71. The summed E-state index contributed by atoms with van der Waals surface area (Å²) >= 11 is 1.60. The van der Waals surface area contributed by atoms with Crippen LogP contribution in [0.2, 0.25) is 4.44 Å². The van der Waals surface area contributed by atoms with Crippen molar-refractivity contribution in [3.63, 3.8) is 0 Å². The quantitative estimate of drug-likeness (QED) is 0.547. The summed E-state index contributed by atoms with van der Waals surface area (Å²) < 4.78 is 1.26. The SMILES string of the molecule is CC(C)=C[CH2][Sn+3].CCC[O-].CCC[O-].CCC[O-]. The Morgan fingerprint density at radius 3 is 1.06 bits per heavy atom. The molecule has 0 saturated heterocycles. The smallest absolute Gasteiger partial charge is 0.0667 e. The van der Waals surface area contributed by atoms with Gasteiger partial charge in [-0.25, -0.2) is 0 Å². The van der Waals surface area contributed by atoms with E-state index in [0.717, 1.165) is 19.3 Å². The largest absolute Gasteiger partial charge is 0.854 e. The van der Waals surface area contributed by atoms with Gasteiger partial charge in [0.05, 0.1) is 0 Å². The fourth-order valence-corrected chi connectivity index (χ4v) is 1.37. The van der Waals surface area contributed by atoms with E-state index in [0.29, 0.717) is 0 Å². The zero-order valence-corrected chi connectivity index (χ0v) is 15.6. The van der Waals surface area contributed by atoms with Crippen molar-refractivity contribution in [2.24, 2.45) is 0 Å². The molecule has 0 fully saturated rings. The minimum atomic E-state index is 0.0694. The fraction of sp³-hybridized carbons (Fsp3) is 0.857. The van der Waals surface area contributed by atoms with Crippen LogP contribution in [0.1, 0.15) is 53.9 Å². The van der Waals surface area contributed by atoms with Crippen LogP contribution in [-0.2, 0) is 0 Å². The molecule has 0 aliphatic carbocycles. The zero-order valence-electron chi connectivity index (χ0n) is 12.8. The van der Waals surface area contributed by atoms with Crippen LogP contribution in [0.5, 0.6) is 0 Å². The third-order valence-electron chi connectivity index (χ3n) is 1.12. The van der Waals surface area contributed by atoms with Crippen molar-refractivity contribution in [2.45, 2.75) is 58.3 Å². The molecule has 0 aliphatic rings. The first-order valence-electron chi connectivity index (χ1n) is 6.54. The third kappa shape index (κ3) is 94.7. The molecule has 108 valence electrons. The molecule has 4 heteroatoms. The van der Waals surface area contributed by atoms with Gasteiger partial charge in [-0.15, -0.1) is 19.8 Å². The van der Waals surface area contributed by atoms with Crippen LogP contribution in [0.15, 0.2) is 11.6 Å². The summed E-state index contributed by atoms with van der Waals surface area (Å²) in [5.74, 6) is 0. The molecule has 0 aliphatic heterocycles. The second-order valence-electron chi connectivity index (χ2n) is 3.60. The molecule has 0 aromatic rings. The van der Waals surface area contributed by atoms with Crippen molar-refractivity contribution >= 4 is 22.5 Å². The average Bonchev–Trinajstić information content (AvgIpc) is 2.39. The molecule has 0 N–H and O–H groups in total. The Kier molecular flexibility index (Phi) is 53.8. The molecule has 0 amide bonds. The van der Waals surface area contributed by atoms with E-state index in [2.05, 4.69) is 19.9 Å². The van der Waals surface area contributed by atoms with E-state index < -0.39 is 0 Å². The molecule has 0 bridgehead atoms. The molecule has 0 unspecified atom stereocenters. The van der Waals surface area contributed by atoms with E-state index in [-0.39, 0.29) is 19.8 Å². The molecule has 3 nitrogen and oxygen atoms in total. The molecule has 0 saturated carbocycles. The van der Waals surface area contributed by atoms with Gasteiger partial charge in [0.1, 0.15) is 0 Å². The van der Waals surface area contributed by atoms with Crippen LogP contribution in [0.25, 0.3) is 0 Å². The van der Waals surface area contributed by atoms with Crippen molar-refractivity contribution in [3.05, 3.63) is 11.6 Å². The van der Waals surface area contributed by atoms with Gasteiger partial charge in [-0.05, 0) is 0 Å². The van der Waals surface area contributed by atoms with Crippen LogP contribution < -0.4 is 15.3 Å². The first kappa shape index (κ1) is 26.9. The Balaban J connectivity index is -0.0000000742. The molecule has 0 aromatic carbocycles. The number of hydrogen-bond acceptors (Lipinski definition) is 3. The van der Waals surface area contributed by atoms with Gasteiger partial charge in [-0.3, -0.25) is 0 Å². The number of rotatable bonds is 4. The summed E-state index contributed by atoms with van der Waals surface area (Å²) in [6.07, 6.45) is 4.54. The molecular weight excluding hydrogens is 335 g/mol. The maximum Gasteiger partial charge on any atom is -0.0667 e. The molecule has 0 heterocycles. The number of hydrogen-bond donors (Lipinski definition) is 0. The summed E-state index contributed by atoms with van der Waals surface area (Å²) in [6, 6.07) is 0. The predicted molar refractivity (Wildman–Crippen MR) is 75.5 cm³/mol. The van der Waals surface area contributed by atoms with Crippen molar-refractivity contribution in [3.8, 4) is 0 Å². The van der Waals surface area contributed by atoms with E-state index in [4.69, 9.17) is 0 Å². The van der Waals surface area contributed by atoms with Gasteiger partial charge in [-0.1, -0.05) is 40.0 Å². The average molecular weight is 365 g/mol. The Bertz CT molecular complexity index is 109. The predicted octanol–water partition coefficient (Wildman–Crippen LogP) is 0.810. The maximum absolute atomic E-state index is 9.30. The molecule has 0 rings (SSSR count). The standard InChI is InChI=1S/C5H9.3C3H7O.Sn/c1-4-5(2)3;3*1-2-3-4;/h4H,1H2,2-3H3;3*2-3H2,1H3;/q;3*-1;+3. The monoisotopic (exact) mass is 366 g/mol. The van der Waals surface area contributed by atoms with Gasteiger partial charge < -0.3 is 15.3 Å². The Morgan fingerprint density at radius 1 is 0.833 bits per heavy atom. The van der Waals surface area contributed by atoms with E-state index in [1.165, 1.54) is 10.0 Å². The topological polar surface area (TPSA) is 69.2 Å². The van der Waals surface area contributed by atoms with Crippen LogP contribution in [0.3, 0.4) is 0 Å². The molecular formula is C14H30O3Sn. The first-order valence-corrected chi connectivity index (χ1v) is 8.56. The van der Waals surface area contributed by atoms with Gasteiger partial charge in [-0.2, -0.15) is 0 Å². The minimum Gasteiger partial charge on any atom is -0.854 e. The second-order valence-corrected chi connectivity index (χ2v) is 4.76. The molecule has 0 aromatic heterocycles. The Hall–Kier alpha value is 0.419.